The summed E-state index contributed by atoms with van der Waals surface area (Å²) in [6, 6.07) is 5.03. The van der Waals surface area contributed by atoms with Crippen LogP contribution in [0.5, 0.6) is 0 Å². The maximum atomic E-state index is 6.13. The maximum absolute atomic E-state index is 6.13. The smallest absolute Gasteiger partial charge is 0.0897 e. The summed E-state index contributed by atoms with van der Waals surface area (Å²) in [6.45, 7) is 1.94. The molecule has 0 saturated heterocycles. The Labute approximate surface area is 108 Å². The molecule has 2 rings (SSSR count). The molecule has 2 N–H and O–H groups in total. The van der Waals surface area contributed by atoms with Crippen LogP contribution in [0.4, 0.5) is 0 Å². The first kappa shape index (κ1) is 11.9. The Balaban J connectivity index is 2.40. The number of hydrogen-bond donors (Lipinski definition) is 1. The average molecular weight is 273 g/mol. The molecule has 0 aliphatic carbocycles. The number of aryl methyl sites for hydroxylation is 1. The molecule has 84 valence electrons. The number of hydrogen-bond acceptors (Lipinski definition) is 3. The first-order chi connectivity index (χ1) is 7.58. The van der Waals surface area contributed by atoms with E-state index in [-0.39, 0.29) is 6.04 Å². The summed E-state index contributed by atoms with van der Waals surface area (Å²) in [7, 11) is 0. The van der Waals surface area contributed by atoms with Crippen molar-refractivity contribution >= 4 is 34.5 Å². The van der Waals surface area contributed by atoms with Gasteiger partial charge in [-0.1, -0.05) is 23.2 Å². The SMILES string of the molecule is Cc1ncc(C(N)c2cc(Cl)ccc2Cl)s1. The van der Waals surface area contributed by atoms with Crippen molar-refractivity contribution in [2.45, 2.75) is 13.0 Å². The Hall–Kier alpha value is -0.610. The van der Waals surface area contributed by atoms with Crippen LogP contribution in [-0.4, -0.2) is 4.98 Å². The quantitative estimate of drug-likeness (QED) is 0.903. The summed E-state index contributed by atoms with van der Waals surface area (Å²) >= 11 is 13.6. The highest BCUT2D eigenvalue weighted by molar-refractivity contribution is 7.11. The highest BCUT2D eigenvalue weighted by atomic mass is 35.5. The van der Waals surface area contributed by atoms with E-state index in [4.69, 9.17) is 28.9 Å². The third-order valence-corrected chi connectivity index (χ3v) is 3.81. The molecular formula is C11H10Cl2N2S. The number of rotatable bonds is 2. The summed E-state index contributed by atoms with van der Waals surface area (Å²) in [5, 5.41) is 2.25. The van der Waals surface area contributed by atoms with Crippen molar-refractivity contribution in [1.29, 1.82) is 0 Å². The van der Waals surface area contributed by atoms with Crippen LogP contribution < -0.4 is 5.73 Å². The molecular weight excluding hydrogens is 263 g/mol. The maximum Gasteiger partial charge on any atom is 0.0897 e. The molecule has 0 aliphatic rings. The topological polar surface area (TPSA) is 38.9 Å². The number of nitrogens with zero attached hydrogens (tertiary/aromatic N) is 1. The van der Waals surface area contributed by atoms with E-state index in [1.165, 1.54) is 0 Å². The predicted molar refractivity (Wildman–Crippen MR) is 69.3 cm³/mol. The van der Waals surface area contributed by atoms with Gasteiger partial charge >= 0.3 is 0 Å². The van der Waals surface area contributed by atoms with Crippen LogP contribution in [-0.2, 0) is 0 Å². The number of nitrogens with two attached hydrogens (primary N) is 1. The van der Waals surface area contributed by atoms with Gasteiger partial charge in [0.15, 0.2) is 0 Å². The minimum atomic E-state index is -0.266. The molecule has 2 nitrogen and oxygen atoms in total. The van der Waals surface area contributed by atoms with Crippen molar-refractivity contribution < 1.29 is 0 Å². The molecule has 1 unspecified atom stereocenters. The second-order valence-electron chi connectivity index (χ2n) is 3.43. The lowest BCUT2D eigenvalue weighted by Crippen LogP contribution is -2.10. The molecule has 0 fully saturated rings. The molecule has 0 radical (unpaired) electrons. The van der Waals surface area contributed by atoms with Crippen LogP contribution in [0.15, 0.2) is 24.4 Å². The van der Waals surface area contributed by atoms with Gasteiger partial charge in [0.25, 0.3) is 0 Å². The van der Waals surface area contributed by atoms with Gasteiger partial charge in [-0.2, -0.15) is 0 Å². The van der Waals surface area contributed by atoms with Crippen molar-refractivity contribution in [2.24, 2.45) is 5.73 Å². The first-order valence-corrected chi connectivity index (χ1v) is 6.28. The Morgan fingerprint density at radius 3 is 2.75 bits per heavy atom. The highest BCUT2D eigenvalue weighted by Crippen LogP contribution is 2.31. The first-order valence-electron chi connectivity index (χ1n) is 4.71. The average Bonchev–Trinajstić information content (AvgIpc) is 2.67. The minimum Gasteiger partial charge on any atom is -0.320 e. The molecule has 1 aromatic heterocycles. The van der Waals surface area contributed by atoms with Crippen LogP contribution in [0, 0.1) is 6.92 Å². The van der Waals surface area contributed by atoms with Gasteiger partial charge in [-0.25, -0.2) is 4.98 Å². The number of benzene rings is 1. The Morgan fingerprint density at radius 1 is 1.38 bits per heavy atom. The molecule has 5 heteroatoms. The normalized spacial score (nSPS) is 12.8. The van der Waals surface area contributed by atoms with E-state index in [0.717, 1.165) is 15.4 Å². The zero-order chi connectivity index (χ0) is 11.7. The summed E-state index contributed by atoms with van der Waals surface area (Å²) < 4.78 is 0. The minimum absolute atomic E-state index is 0.266. The van der Waals surface area contributed by atoms with E-state index in [9.17, 15) is 0 Å². The number of halogens is 2. The molecule has 16 heavy (non-hydrogen) atoms. The van der Waals surface area contributed by atoms with Crippen molar-refractivity contribution in [3.63, 3.8) is 0 Å². The second kappa shape index (κ2) is 4.72. The second-order valence-corrected chi connectivity index (χ2v) is 5.54. The van der Waals surface area contributed by atoms with Crippen LogP contribution in [0.2, 0.25) is 10.0 Å². The lowest BCUT2D eigenvalue weighted by atomic mass is 10.1. The lowest BCUT2D eigenvalue weighted by Gasteiger charge is -2.11. The fourth-order valence-electron chi connectivity index (χ4n) is 1.43. The molecule has 0 saturated carbocycles. The molecule has 0 spiro atoms. The Bertz CT molecular complexity index is 510. The highest BCUT2D eigenvalue weighted by Gasteiger charge is 2.15. The number of thiazole rings is 1. The molecule has 0 aliphatic heterocycles. The van der Waals surface area contributed by atoms with Crippen molar-refractivity contribution in [1.82, 2.24) is 4.98 Å². The Kier molecular flexibility index (Phi) is 3.50. The van der Waals surface area contributed by atoms with E-state index >= 15 is 0 Å². The van der Waals surface area contributed by atoms with Gasteiger partial charge in [-0.15, -0.1) is 11.3 Å². The van der Waals surface area contributed by atoms with Gasteiger partial charge in [0.1, 0.15) is 0 Å². The molecule has 1 atom stereocenters. The van der Waals surface area contributed by atoms with Gasteiger partial charge in [0.05, 0.1) is 11.0 Å². The zero-order valence-electron chi connectivity index (χ0n) is 8.58. The van der Waals surface area contributed by atoms with Crippen LogP contribution in [0.1, 0.15) is 21.5 Å². The fraction of sp³-hybridized carbons (Fsp3) is 0.182. The molecule has 1 heterocycles. The van der Waals surface area contributed by atoms with Crippen molar-refractivity contribution in [3.8, 4) is 0 Å². The molecule has 0 amide bonds. The summed E-state index contributed by atoms with van der Waals surface area (Å²) in [4.78, 5) is 5.17. The summed E-state index contributed by atoms with van der Waals surface area (Å²) in [5.41, 5.74) is 6.96. The lowest BCUT2D eigenvalue weighted by molar-refractivity contribution is 0.889. The molecule has 2 aromatic rings. The third kappa shape index (κ3) is 2.38. The largest absolute Gasteiger partial charge is 0.320 e. The molecule has 0 bridgehead atoms. The van der Waals surface area contributed by atoms with E-state index in [2.05, 4.69) is 4.98 Å². The summed E-state index contributed by atoms with van der Waals surface area (Å²) in [6.07, 6.45) is 1.78. The third-order valence-electron chi connectivity index (χ3n) is 2.24. The van der Waals surface area contributed by atoms with Crippen LogP contribution in [0.25, 0.3) is 0 Å². The van der Waals surface area contributed by atoms with E-state index in [1.807, 2.05) is 6.92 Å². The van der Waals surface area contributed by atoms with Gasteiger partial charge in [0, 0.05) is 21.1 Å². The predicted octanol–water partition coefficient (Wildman–Crippen LogP) is 3.81. The van der Waals surface area contributed by atoms with E-state index in [0.29, 0.717) is 10.0 Å². The van der Waals surface area contributed by atoms with Crippen molar-refractivity contribution in [3.05, 3.63) is 49.9 Å². The summed E-state index contributed by atoms with van der Waals surface area (Å²) in [5.74, 6) is 0. The Morgan fingerprint density at radius 2 is 2.12 bits per heavy atom. The standard InChI is InChI=1S/C11H10Cl2N2S/c1-6-15-5-10(16-6)11(14)8-4-7(12)2-3-9(8)13/h2-5,11H,14H2,1H3. The van der Waals surface area contributed by atoms with Gasteiger partial charge in [-0.05, 0) is 30.7 Å². The fourth-order valence-corrected chi connectivity index (χ4v) is 2.65. The van der Waals surface area contributed by atoms with Crippen LogP contribution >= 0.6 is 34.5 Å². The van der Waals surface area contributed by atoms with E-state index < -0.39 is 0 Å². The zero-order valence-corrected chi connectivity index (χ0v) is 10.9. The molecule has 1 aromatic carbocycles. The van der Waals surface area contributed by atoms with Gasteiger partial charge < -0.3 is 5.73 Å². The van der Waals surface area contributed by atoms with Gasteiger partial charge in [-0.3, -0.25) is 0 Å². The van der Waals surface area contributed by atoms with Crippen LogP contribution in [0.3, 0.4) is 0 Å². The monoisotopic (exact) mass is 272 g/mol. The van der Waals surface area contributed by atoms with E-state index in [1.54, 1.807) is 35.7 Å². The van der Waals surface area contributed by atoms with Gasteiger partial charge in [0.2, 0.25) is 0 Å². The van der Waals surface area contributed by atoms with Crippen molar-refractivity contribution in [2.75, 3.05) is 0 Å². The number of aromatic nitrogens is 1.